The van der Waals surface area contributed by atoms with Gasteiger partial charge in [-0.15, -0.1) is 11.3 Å². The Kier molecular flexibility index (Phi) is 6.53. The average molecular weight is 575 g/mol. The Bertz CT molecular complexity index is 1550. The number of fused-ring (bicyclic) bond motifs is 2. The Morgan fingerprint density at radius 2 is 1.85 bits per heavy atom. The Labute approximate surface area is 227 Å². The highest BCUT2D eigenvalue weighted by Gasteiger charge is 2.50. The van der Waals surface area contributed by atoms with E-state index in [2.05, 4.69) is 10.1 Å². The number of halogens is 4. The number of hydrogen-bond acceptors (Lipinski definition) is 5. The third kappa shape index (κ3) is 4.65. The zero-order chi connectivity index (χ0) is 27.4. The van der Waals surface area contributed by atoms with Crippen LogP contribution in [0.4, 0.5) is 17.6 Å². The first-order valence-electron chi connectivity index (χ1n) is 12.1. The summed E-state index contributed by atoms with van der Waals surface area (Å²) >= 11 is 1.32. The number of piperidine rings is 1. The van der Waals surface area contributed by atoms with Crippen LogP contribution >= 0.6 is 11.3 Å². The van der Waals surface area contributed by atoms with Gasteiger partial charge in [-0.1, -0.05) is 5.57 Å². The predicted molar refractivity (Wildman–Crippen MR) is 139 cm³/mol. The van der Waals surface area contributed by atoms with Crippen molar-refractivity contribution < 1.29 is 26.9 Å². The zero-order valence-electron chi connectivity index (χ0n) is 20.3. The highest BCUT2D eigenvalue weighted by Crippen LogP contribution is 2.52. The van der Waals surface area contributed by atoms with E-state index >= 15 is 0 Å². The lowest BCUT2D eigenvalue weighted by molar-refractivity contribution is -0.137. The van der Waals surface area contributed by atoms with Crippen molar-refractivity contribution in [2.75, 3.05) is 13.1 Å². The number of hydrogen-bond donors (Lipinski definition) is 1. The summed E-state index contributed by atoms with van der Waals surface area (Å²) < 4.78 is 69.6. The smallest absolute Gasteiger partial charge is 0.385 e. The molecular formula is C27H22F4N4O2S2. The third-order valence-electron chi connectivity index (χ3n) is 7.33. The molecule has 0 bridgehead atoms. The number of aliphatic hydroxyl groups is 1. The molecule has 3 unspecified atom stereocenters. The van der Waals surface area contributed by atoms with Crippen molar-refractivity contribution in [3.63, 3.8) is 0 Å². The summed E-state index contributed by atoms with van der Waals surface area (Å²) in [5, 5.41) is 18.5. The molecule has 2 aromatic carbocycles. The molecule has 12 heteroatoms. The molecule has 2 aliphatic rings. The second-order valence-corrected chi connectivity index (χ2v) is 12.0. The first kappa shape index (κ1) is 26.1. The molecular weight excluding hydrogens is 552 g/mol. The van der Waals surface area contributed by atoms with Crippen molar-refractivity contribution in [2.24, 2.45) is 5.41 Å². The molecule has 0 saturated carbocycles. The maximum absolute atomic E-state index is 13.5. The van der Waals surface area contributed by atoms with Crippen molar-refractivity contribution in [3.05, 3.63) is 99.5 Å². The van der Waals surface area contributed by atoms with Gasteiger partial charge in [-0.3, -0.25) is 0 Å². The van der Waals surface area contributed by atoms with E-state index in [4.69, 9.17) is 0 Å². The van der Waals surface area contributed by atoms with Gasteiger partial charge >= 0.3 is 6.18 Å². The maximum atomic E-state index is 13.5. The molecule has 4 aromatic rings. The predicted octanol–water partition coefficient (Wildman–Crippen LogP) is 5.57. The number of aromatic nitrogens is 3. The van der Waals surface area contributed by atoms with Crippen LogP contribution in [0.25, 0.3) is 11.8 Å². The number of aliphatic hydroxyl groups excluding tert-OH is 1. The van der Waals surface area contributed by atoms with E-state index in [0.29, 0.717) is 30.1 Å². The van der Waals surface area contributed by atoms with Crippen LogP contribution in [0.5, 0.6) is 0 Å². The SMILES string of the molecule is O=S(c1ccc(C(F)(F)F)cc1)N1CCC2=Cc3c(cnn3-c3ccc(F)cc3)CC2(C(O)c2nccs2)C1. The second-order valence-electron chi connectivity index (χ2n) is 9.60. The molecule has 3 atom stereocenters. The van der Waals surface area contributed by atoms with Crippen LogP contribution in [-0.4, -0.2) is 41.5 Å². The molecule has 1 saturated heterocycles. The zero-order valence-corrected chi connectivity index (χ0v) is 21.9. The molecule has 2 aromatic heterocycles. The number of thiazole rings is 1. The van der Waals surface area contributed by atoms with Gasteiger partial charge in [-0.05, 0) is 73.0 Å². The van der Waals surface area contributed by atoms with Gasteiger partial charge in [0, 0.05) is 30.1 Å². The van der Waals surface area contributed by atoms with Gasteiger partial charge in [-0.25, -0.2) is 22.6 Å². The summed E-state index contributed by atoms with van der Waals surface area (Å²) in [4.78, 5) is 4.60. The summed E-state index contributed by atoms with van der Waals surface area (Å²) in [6, 6.07) is 10.3. The summed E-state index contributed by atoms with van der Waals surface area (Å²) in [6.45, 7) is 0.584. The van der Waals surface area contributed by atoms with Crippen molar-refractivity contribution in [1.29, 1.82) is 0 Å². The lowest BCUT2D eigenvalue weighted by Crippen LogP contribution is -2.50. The van der Waals surface area contributed by atoms with Crippen LogP contribution in [0.15, 0.2) is 76.8 Å². The molecule has 39 heavy (non-hydrogen) atoms. The molecule has 0 amide bonds. The first-order valence-corrected chi connectivity index (χ1v) is 14.1. The molecule has 0 radical (unpaired) electrons. The summed E-state index contributed by atoms with van der Waals surface area (Å²) in [6.07, 6.45) is 0.701. The van der Waals surface area contributed by atoms with E-state index in [1.54, 1.807) is 38.9 Å². The summed E-state index contributed by atoms with van der Waals surface area (Å²) in [5.74, 6) is -0.350. The quantitative estimate of drug-likeness (QED) is 0.316. The van der Waals surface area contributed by atoms with E-state index in [-0.39, 0.29) is 17.3 Å². The minimum Gasteiger partial charge on any atom is -0.385 e. The summed E-state index contributed by atoms with van der Waals surface area (Å²) in [7, 11) is -1.74. The van der Waals surface area contributed by atoms with Crippen LogP contribution in [0.3, 0.4) is 0 Å². The molecule has 0 spiro atoms. The standard InChI is InChI=1S/C27H22F4N4O2S2/c28-20-3-5-21(6-4-20)35-23-13-19-9-11-34(39(37)22-7-1-18(2-8-22)27(29,30)31)16-26(19,14-17(23)15-33-35)24(36)25-32-10-12-38-25/h1-8,10,12-13,15,24,36H,9,11,14,16H2. The van der Waals surface area contributed by atoms with Crippen molar-refractivity contribution in [2.45, 2.75) is 30.0 Å². The third-order valence-corrected chi connectivity index (χ3v) is 9.61. The van der Waals surface area contributed by atoms with Gasteiger partial charge in [0.15, 0.2) is 0 Å². The molecule has 6 nitrogen and oxygen atoms in total. The van der Waals surface area contributed by atoms with Crippen LogP contribution < -0.4 is 0 Å². The monoisotopic (exact) mass is 574 g/mol. The van der Waals surface area contributed by atoms with Gasteiger partial charge in [0.25, 0.3) is 0 Å². The normalized spacial score (nSPS) is 21.1. The minimum absolute atomic E-state index is 0.203. The van der Waals surface area contributed by atoms with Crippen molar-refractivity contribution in [3.8, 4) is 5.69 Å². The molecule has 1 aliphatic carbocycles. The molecule has 3 heterocycles. The van der Waals surface area contributed by atoms with Crippen LogP contribution in [0, 0.1) is 11.2 Å². The lowest BCUT2D eigenvalue weighted by Gasteiger charge is -2.48. The van der Waals surface area contributed by atoms with Gasteiger partial charge in [0.05, 0.1) is 28.0 Å². The average Bonchev–Trinajstić information content (AvgIpc) is 3.61. The lowest BCUT2D eigenvalue weighted by atomic mass is 9.65. The largest absolute Gasteiger partial charge is 0.416 e. The van der Waals surface area contributed by atoms with E-state index in [1.807, 2.05) is 6.08 Å². The van der Waals surface area contributed by atoms with Gasteiger partial charge < -0.3 is 5.11 Å². The summed E-state index contributed by atoms with van der Waals surface area (Å²) in [5.41, 5.74) is 1.66. The van der Waals surface area contributed by atoms with E-state index in [0.717, 1.165) is 29.0 Å². The van der Waals surface area contributed by atoms with E-state index < -0.39 is 34.2 Å². The highest BCUT2D eigenvalue weighted by molar-refractivity contribution is 7.82. The molecule has 1 N–H and O–H groups in total. The number of benzene rings is 2. The number of rotatable bonds is 5. The Morgan fingerprint density at radius 3 is 2.51 bits per heavy atom. The van der Waals surface area contributed by atoms with E-state index in [9.17, 15) is 26.9 Å². The molecule has 6 rings (SSSR count). The molecule has 1 fully saturated rings. The van der Waals surface area contributed by atoms with Crippen LogP contribution in [0.2, 0.25) is 0 Å². The van der Waals surface area contributed by atoms with Gasteiger partial charge in [-0.2, -0.15) is 18.3 Å². The Morgan fingerprint density at radius 1 is 1.10 bits per heavy atom. The Balaban J connectivity index is 1.36. The molecule has 202 valence electrons. The fourth-order valence-corrected chi connectivity index (χ4v) is 7.37. The number of alkyl halides is 3. The van der Waals surface area contributed by atoms with E-state index in [1.165, 1.54) is 35.6 Å². The van der Waals surface area contributed by atoms with Gasteiger partial charge in [0.2, 0.25) is 0 Å². The Hall–Kier alpha value is -3.19. The fraction of sp³-hybridized carbons (Fsp3) is 0.259. The van der Waals surface area contributed by atoms with Gasteiger partial charge in [0.1, 0.15) is 27.9 Å². The number of nitrogens with zero attached hydrogens (tertiary/aromatic N) is 4. The van der Waals surface area contributed by atoms with Crippen molar-refractivity contribution in [1.82, 2.24) is 19.1 Å². The van der Waals surface area contributed by atoms with Crippen LogP contribution in [0.1, 0.15) is 34.4 Å². The maximum Gasteiger partial charge on any atom is 0.416 e. The minimum atomic E-state index is -4.48. The second kappa shape index (κ2) is 9.77. The first-order chi connectivity index (χ1) is 18.7. The molecule has 1 aliphatic heterocycles. The fourth-order valence-electron chi connectivity index (χ4n) is 5.37. The topological polar surface area (TPSA) is 71.2 Å². The highest BCUT2D eigenvalue weighted by atomic mass is 32.2. The van der Waals surface area contributed by atoms with Crippen LogP contribution in [-0.2, 0) is 23.6 Å². The van der Waals surface area contributed by atoms with Crippen molar-refractivity contribution >= 4 is 28.4 Å².